The number of aromatic nitrogens is 1. The van der Waals surface area contributed by atoms with E-state index >= 15 is 0 Å². The van der Waals surface area contributed by atoms with Gasteiger partial charge in [0.1, 0.15) is 13.7 Å². The number of ether oxygens (including phenoxy) is 3. The summed E-state index contributed by atoms with van der Waals surface area (Å²) >= 11 is 0. The average Bonchev–Trinajstić information content (AvgIpc) is 3.61. The fourth-order valence-electron chi connectivity index (χ4n) is 6.48. The summed E-state index contributed by atoms with van der Waals surface area (Å²) in [6.07, 6.45) is 5.44. The standard InChI is InChI=1S/C36H46N2O5Si/c1-25-22-28(15-21-44(6,7)8)30(29-14-18-38(32(25)29)34(40)43-35(2,3)4)24-37-19-17-36(16-9-20-42-36)23-31(37)26-10-12-27(13-11-26)33(39)41-5/h10-14,18,22,31H,9,16-17,19-20,23-24H2,1-8H3/t31-,36-/m0/s1. The van der Waals surface area contributed by atoms with Gasteiger partial charge < -0.3 is 14.2 Å². The number of methoxy groups -OCH3 is 1. The Hall–Kier alpha value is -3.38. The van der Waals surface area contributed by atoms with E-state index in [1.807, 2.05) is 64.2 Å². The summed E-state index contributed by atoms with van der Waals surface area (Å²) in [7, 11) is -0.250. The molecule has 0 saturated carbocycles. The van der Waals surface area contributed by atoms with Crippen molar-refractivity contribution in [3.05, 3.63) is 70.4 Å². The summed E-state index contributed by atoms with van der Waals surface area (Å²) < 4.78 is 18.7. The summed E-state index contributed by atoms with van der Waals surface area (Å²) in [5, 5.41) is 1.02. The molecule has 0 bridgehead atoms. The molecule has 3 heterocycles. The third-order valence-corrected chi connectivity index (χ3v) is 9.43. The molecular formula is C36H46N2O5Si. The molecule has 0 aliphatic carbocycles. The van der Waals surface area contributed by atoms with Crippen LogP contribution < -0.4 is 0 Å². The lowest BCUT2D eigenvalue weighted by Crippen LogP contribution is -2.45. The first-order valence-electron chi connectivity index (χ1n) is 15.6. The number of piperidine rings is 1. The second-order valence-corrected chi connectivity index (χ2v) is 19.1. The highest BCUT2D eigenvalue weighted by Crippen LogP contribution is 2.45. The highest BCUT2D eigenvalue weighted by Gasteiger charge is 2.43. The van der Waals surface area contributed by atoms with Gasteiger partial charge in [-0.1, -0.05) is 37.7 Å². The Balaban J connectivity index is 1.60. The summed E-state index contributed by atoms with van der Waals surface area (Å²) in [6.45, 7) is 16.8. The molecule has 2 aliphatic heterocycles. The molecule has 234 valence electrons. The number of hydrogen-bond acceptors (Lipinski definition) is 6. The first-order chi connectivity index (χ1) is 20.7. The normalized spacial score (nSPS) is 20.9. The summed E-state index contributed by atoms with van der Waals surface area (Å²) in [5.41, 5.74) is 8.54. The summed E-state index contributed by atoms with van der Waals surface area (Å²) in [6, 6.07) is 12.1. The zero-order valence-electron chi connectivity index (χ0n) is 27.5. The van der Waals surface area contributed by atoms with Crippen LogP contribution in [0.2, 0.25) is 19.6 Å². The maximum atomic E-state index is 13.3. The van der Waals surface area contributed by atoms with Gasteiger partial charge in [-0.3, -0.25) is 9.47 Å². The van der Waals surface area contributed by atoms with E-state index < -0.39 is 13.7 Å². The predicted octanol–water partition coefficient (Wildman–Crippen LogP) is 7.63. The Labute approximate surface area is 262 Å². The quantitative estimate of drug-likeness (QED) is 0.171. The third kappa shape index (κ3) is 6.96. The van der Waals surface area contributed by atoms with Gasteiger partial charge >= 0.3 is 12.1 Å². The lowest BCUT2D eigenvalue weighted by atomic mass is 9.81. The third-order valence-electron chi connectivity index (χ3n) is 8.56. The van der Waals surface area contributed by atoms with E-state index in [0.29, 0.717) is 12.1 Å². The zero-order valence-corrected chi connectivity index (χ0v) is 28.5. The molecule has 2 saturated heterocycles. The molecule has 2 atom stereocenters. The van der Waals surface area contributed by atoms with Gasteiger partial charge in [0.15, 0.2) is 0 Å². The molecule has 8 heteroatoms. The van der Waals surface area contributed by atoms with Crippen LogP contribution in [0.1, 0.15) is 85.1 Å². The number of carbonyl (C=O) groups is 2. The van der Waals surface area contributed by atoms with Gasteiger partial charge in [0, 0.05) is 42.9 Å². The van der Waals surface area contributed by atoms with E-state index in [1.165, 1.54) is 7.11 Å². The number of carbonyl (C=O) groups excluding carboxylic acids is 2. The highest BCUT2D eigenvalue weighted by molar-refractivity contribution is 6.83. The number of esters is 1. The number of likely N-dealkylation sites (tertiary alicyclic amines) is 1. The molecule has 0 N–H and O–H groups in total. The molecule has 3 aromatic rings. The Morgan fingerprint density at radius 1 is 1.11 bits per heavy atom. The van der Waals surface area contributed by atoms with E-state index in [4.69, 9.17) is 14.2 Å². The van der Waals surface area contributed by atoms with Crippen LogP contribution in [0.15, 0.2) is 42.6 Å². The number of hydrogen-bond donors (Lipinski definition) is 0. The van der Waals surface area contributed by atoms with E-state index in [9.17, 15) is 9.59 Å². The van der Waals surface area contributed by atoms with Crippen LogP contribution in [0.4, 0.5) is 4.79 Å². The fraction of sp³-hybridized carbons (Fsp3) is 0.500. The minimum Gasteiger partial charge on any atom is -0.465 e. The maximum absolute atomic E-state index is 13.3. The largest absolute Gasteiger partial charge is 0.465 e. The molecule has 0 unspecified atom stereocenters. The first kappa shape index (κ1) is 32.0. The van der Waals surface area contributed by atoms with Gasteiger partial charge in [-0.15, -0.1) is 5.54 Å². The number of benzene rings is 2. The molecule has 2 aliphatic rings. The Morgan fingerprint density at radius 3 is 2.45 bits per heavy atom. The number of fused-ring (bicyclic) bond motifs is 1. The van der Waals surface area contributed by atoms with Gasteiger partial charge in [-0.25, -0.2) is 9.59 Å². The van der Waals surface area contributed by atoms with Crippen LogP contribution in [0, 0.1) is 18.4 Å². The van der Waals surface area contributed by atoms with Gasteiger partial charge in [0.25, 0.3) is 0 Å². The second kappa shape index (κ2) is 12.2. The molecule has 7 nitrogen and oxygen atoms in total. The SMILES string of the molecule is COC(=O)c1ccc([C@@H]2C[C@]3(CCCO3)CCN2Cc2c(C#C[Si](C)(C)C)cc(C)c3c2ccn3C(=O)OC(C)(C)C)cc1. The Bertz CT molecular complexity index is 1610. The molecule has 2 fully saturated rings. The molecule has 5 rings (SSSR count). The van der Waals surface area contributed by atoms with E-state index in [-0.39, 0.29) is 23.7 Å². The van der Waals surface area contributed by atoms with Gasteiger partial charge in [0.2, 0.25) is 0 Å². The van der Waals surface area contributed by atoms with Crippen molar-refractivity contribution >= 4 is 31.0 Å². The number of nitrogens with zero attached hydrogens (tertiary/aromatic N) is 2. The van der Waals surface area contributed by atoms with E-state index in [1.54, 1.807) is 4.57 Å². The van der Waals surface area contributed by atoms with Crippen molar-refractivity contribution in [3.63, 3.8) is 0 Å². The van der Waals surface area contributed by atoms with Crippen molar-refractivity contribution in [1.29, 1.82) is 0 Å². The van der Waals surface area contributed by atoms with Crippen molar-refractivity contribution in [3.8, 4) is 11.5 Å². The minimum absolute atomic E-state index is 0.0932. The average molecular weight is 615 g/mol. The lowest BCUT2D eigenvalue weighted by molar-refractivity contribution is -0.0675. The fourth-order valence-corrected chi connectivity index (χ4v) is 6.99. The van der Waals surface area contributed by atoms with Gasteiger partial charge in [0.05, 0.1) is 23.8 Å². The molecule has 2 aromatic carbocycles. The van der Waals surface area contributed by atoms with Crippen molar-refractivity contribution < 1.29 is 23.8 Å². The van der Waals surface area contributed by atoms with Crippen LogP contribution in [0.3, 0.4) is 0 Å². The molecule has 1 aromatic heterocycles. The maximum Gasteiger partial charge on any atom is 0.419 e. The second-order valence-electron chi connectivity index (χ2n) is 14.3. The van der Waals surface area contributed by atoms with Gasteiger partial charge in [-0.05, 0) is 94.3 Å². The Morgan fingerprint density at radius 2 is 1.84 bits per heavy atom. The zero-order chi connectivity index (χ0) is 31.9. The molecule has 1 spiro atoms. The van der Waals surface area contributed by atoms with Gasteiger partial charge in [-0.2, -0.15) is 0 Å². The monoisotopic (exact) mass is 614 g/mol. The van der Waals surface area contributed by atoms with Crippen molar-refractivity contribution in [1.82, 2.24) is 9.47 Å². The lowest BCUT2D eigenvalue weighted by Gasteiger charge is -2.45. The van der Waals surface area contributed by atoms with Crippen LogP contribution in [0.25, 0.3) is 10.9 Å². The molecule has 44 heavy (non-hydrogen) atoms. The summed E-state index contributed by atoms with van der Waals surface area (Å²) in [5.74, 6) is 3.23. The van der Waals surface area contributed by atoms with Crippen molar-refractivity contribution in [2.45, 2.75) is 96.8 Å². The topological polar surface area (TPSA) is 70.0 Å². The number of aryl methyl sites for hydroxylation is 1. The van der Waals surface area contributed by atoms with Crippen LogP contribution >= 0.6 is 0 Å². The van der Waals surface area contributed by atoms with Crippen molar-refractivity contribution in [2.24, 2.45) is 0 Å². The molecule has 0 radical (unpaired) electrons. The minimum atomic E-state index is -1.65. The molecular weight excluding hydrogens is 568 g/mol. The van der Waals surface area contributed by atoms with Crippen LogP contribution in [0.5, 0.6) is 0 Å². The highest BCUT2D eigenvalue weighted by atomic mass is 28.3. The number of rotatable bonds is 4. The molecule has 0 amide bonds. The van der Waals surface area contributed by atoms with E-state index in [0.717, 1.165) is 72.0 Å². The predicted molar refractivity (Wildman–Crippen MR) is 177 cm³/mol. The smallest absolute Gasteiger partial charge is 0.419 e. The summed E-state index contributed by atoms with van der Waals surface area (Å²) in [4.78, 5) is 28.0. The van der Waals surface area contributed by atoms with Crippen molar-refractivity contribution in [2.75, 3.05) is 20.3 Å². The van der Waals surface area contributed by atoms with Crippen LogP contribution in [-0.2, 0) is 20.8 Å². The first-order valence-corrected chi connectivity index (χ1v) is 19.1. The Kier molecular flexibility index (Phi) is 8.87. The van der Waals surface area contributed by atoms with Crippen LogP contribution in [-0.4, -0.2) is 61.1 Å². The van der Waals surface area contributed by atoms with E-state index in [2.05, 4.69) is 42.1 Å².